The normalized spacial score (nSPS) is 15.2. The molecule has 4 N–H and O–H groups in total. The van der Waals surface area contributed by atoms with Gasteiger partial charge in [-0.1, -0.05) is 72.8 Å². The van der Waals surface area contributed by atoms with E-state index in [1.54, 1.807) is 18.2 Å². The molecule has 0 bridgehead atoms. The van der Waals surface area contributed by atoms with Gasteiger partial charge in [0.05, 0.1) is 4.90 Å². The van der Waals surface area contributed by atoms with Crippen molar-refractivity contribution < 1.29 is 27.9 Å². The first-order valence-electron chi connectivity index (χ1n) is 14.1. The zero-order chi connectivity index (χ0) is 31.3. The summed E-state index contributed by atoms with van der Waals surface area (Å²) in [5.74, 6) is -1.10. The summed E-state index contributed by atoms with van der Waals surface area (Å²) in [6, 6.07) is 30.3. The molecular weight excluding hydrogens is 572 g/mol. The molecule has 0 heterocycles. The molecule has 0 saturated heterocycles. The average molecular weight is 606 g/mol. The highest BCUT2D eigenvalue weighted by molar-refractivity contribution is 7.85. The minimum absolute atomic E-state index is 0.0818. The highest BCUT2D eigenvalue weighted by atomic mass is 32.2. The van der Waals surface area contributed by atoms with Crippen LogP contribution in [0.15, 0.2) is 131 Å². The summed E-state index contributed by atoms with van der Waals surface area (Å²) in [7, 11) is -4.35. The van der Waals surface area contributed by atoms with Crippen LogP contribution in [0.4, 0.5) is 5.69 Å². The van der Waals surface area contributed by atoms with Crippen molar-refractivity contribution in [2.45, 2.75) is 31.8 Å². The van der Waals surface area contributed by atoms with Gasteiger partial charge in [0.2, 0.25) is 5.71 Å². The largest absolute Gasteiger partial charge is 0.477 e. The molecule has 1 aliphatic carbocycles. The molecule has 7 nitrogen and oxygen atoms in total. The van der Waals surface area contributed by atoms with E-state index in [0.29, 0.717) is 17.8 Å². The molecule has 222 valence electrons. The summed E-state index contributed by atoms with van der Waals surface area (Å²) in [5.41, 5.74) is 9.01. The number of carboxylic acids is 1. The van der Waals surface area contributed by atoms with E-state index in [1.165, 1.54) is 23.8 Å². The van der Waals surface area contributed by atoms with Crippen LogP contribution in [0.2, 0.25) is 0 Å². The third kappa shape index (κ3) is 7.11. The van der Waals surface area contributed by atoms with Gasteiger partial charge in [-0.15, -0.1) is 0 Å². The second kappa shape index (κ2) is 13.1. The van der Waals surface area contributed by atoms with E-state index >= 15 is 0 Å². The molecule has 8 heteroatoms. The minimum Gasteiger partial charge on any atom is -0.477 e. The smallest absolute Gasteiger partial charge is 0.342 e. The molecule has 0 unspecified atom stereocenters. The van der Waals surface area contributed by atoms with Crippen molar-refractivity contribution in [3.8, 4) is 0 Å². The lowest BCUT2D eigenvalue weighted by atomic mass is 9.85. The van der Waals surface area contributed by atoms with Gasteiger partial charge in [0.15, 0.2) is 6.54 Å². The Morgan fingerprint density at radius 2 is 1.48 bits per heavy atom. The van der Waals surface area contributed by atoms with Crippen molar-refractivity contribution in [3.63, 3.8) is 0 Å². The van der Waals surface area contributed by atoms with E-state index in [1.807, 2.05) is 80.6 Å². The highest BCUT2D eigenvalue weighted by Gasteiger charge is 2.24. The molecule has 0 fully saturated rings. The summed E-state index contributed by atoms with van der Waals surface area (Å²) >= 11 is 0. The molecule has 0 saturated carbocycles. The van der Waals surface area contributed by atoms with Crippen LogP contribution in [-0.2, 0) is 28.0 Å². The zero-order valence-corrected chi connectivity index (χ0v) is 25.2. The third-order valence-electron chi connectivity index (χ3n) is 7.46. The van der Waals surface area contributed by atoms with Gasteiger partial charge in [-0.25, -0.2) is 9.79 Å². The Kier molecular flexibility index (Phi) is 9.04. The molecule has 4 aromatic rings. The number of nitrogens with one attached hydrogen (secondary N) is 2. The number of rotatable bonds is 9. The van der Waals surface area contributed by atoms with Gasteiger partial charge in [-0.3, -0.25) is 4.55 Å². The predicted molar refractivity (Wildman–Crippen MR) is 173 cm³/mol. The van der Waals surface area contributed by atoms with E-state index in [-0.39, 0.29) is 17.0 Å². The molecule has 0 radical (unpaired) electrons. The molecule has 0 atom stereocenters. The Bertz CT molecular complexity index is 1920. The molecule has 0 aliphatic heterocycles. The van der Waals surface area contributed by atoms with E-state index < -0.39 is 16.1 Å². The number of aliphatic carboxylic acids is 1. The monoisotopic (exact) mass is 605 g/mol. The van der Waals surface area contributed by atoms with Gasteiger partial charge < -0.3 is 10.4 Å². The fourth-order valence-corrected chi connectivity index (χ4v) is 5.81. The second-order valence-electron chi connectivity index (χ2n) is 10.6. The average Bonchev–Trinajstić information content (AvgIpc) is 3.01. The van der Waals surface area contributed by atoms with Crippen LogP contribution in [0.5, 0.6) is 0 Å². The van der Waals surface area contributed by atoms with Crippen LogP contribution in [-0.4, -0.2) is 29.8 Å². The van der Waals surface area contributed by atoms with Crippen LogP contribution in [0.3, 0.4) is 0 Å². The van der Waals surface area contributed by atoms with Crippen LogP contribution >= 0.6 is 0 Å². The molecular formula is C36H33N2O5S+. The summed E-state index contributed by atoms with van der Waals surface area (Å²) in [4.78, 5) is 15.4. The van der Waals surface area contributed by atoms with Gasteiger partial charge >= 0.3 is 5.97 Å². The van der Waals surface area contributed by atoms with Crippen LogP contribution in [0.1, 0.15) is 33.4 Å². The number of aryl methyl sites for hydroxylation is 2. The van der Waals surface area contributed by atoms with Gasteiger partial charge in [0.1, 0.15) is 5.57 Å². The second-order valence-corrected chi connectivity index (χ2v) is 12.0. The number of hydrogen-bond donors (Lipinski definition) is 4. The molecule has 0 amide bonds. The van der Waals surface area contributed by atoms with Crippen molar-refractivity contribution >= 4 is 33.1 Å². The number of carboxylic acid groups (broad SMARTS) is 1. The van der Waals surface area contributed by atoms with Crippen molar-refractivity contribution in [2.24, 2.45) is 0 Å². The number of carbonyl (C=O) groups is 1. The predicted octanol–water partition coefficient (Wildman–Crippen LogP) is 5.27. The lowest BCUT2D eigenvalue weighted by molar-refractivity contribution is -0.473. The van der Waals surface area contributed by atoms with Gasteiger partial charge in [0, 0.05) is 23.9 Å². The lowest BCUT2D eigenvalue weighted by Gasteiger charge is -2.19. The van der Waals surface area contributed by atoms with Crippen LogP contribution in [0, 0.1) is 13.8 Å². The Morgan fingerprint density at radius 3 is 2.14 bits per heavy atom. The Hall–Kier alpha value is -5.05. The highest BCUT2D eigenvalue weighted by Crippen LogP contribution is 2.35. The Morgan fingerprint density at radius 1 is 0.818 bits per heavy atom. The zero-order valence-electron chi connectivity index (χ0n) is 24.4. The number of anilines is 1. The number of benzene rings is 4. The molecule has 44 heavy (non-hydrogen) atoms. The number of allylic oxidation sites excluding steroid dienone is 4. The standard InChI is InChI=1S/C36H32N2O5S/c1-24-8-6-9-25(2)34(24)35(28-14-17-30(18-15-28)37-22-26-10-4-3-5-11-26)29-16-19-33(32(21-29)36(39)40)38-23-27-12-7-13-31(20-27)44(41,42)43/h3-21,37H,22-23H2,1-2H3,(H,39,40)(H,41,42,43)/p+1. The van der Waals surface area contributed by atoms with E-state index in [9.17, 15) is 22.9 Å². The number of hydrogen-bond acceptors (Lipinski definition) is 4. The van der Waals surface area contributed by atoms with Crippen molar-refractivity contribution in [1.29, 1.82) is 0 Å². The summed E-state index contributed by atoms with van der Waals surface area (Å²) < 4.78 is 32.5. The fourth-order valence-electron chi connectivity index (χ4n) is 5.26. The fraction of sp³-hybridized carbons (Fsp3) is 0.111. The first-order chi connectivity index (χ1) is 21.1. The first kappa shape index (κ1) is 30.4. The Balaban J connectivity index is 1.53. The van der Waals surface area contributed by atoms with Crippen LogP contribution < -0.4 is 10.3 Å². The quantitative estimate of drug-likeness (QED) is 0.193. The van der Waals surface area contributed by atoms with Crippen molar-refractivity contribution in [3.05, 3.63) is 160 Å². The van der Waals surface area contributed by atoms with E-state index in [2.05, 4.69) is 22.4 Å². The molecule has 4 aromatic carbocycles. The first-order valence-corrected chi connectivity index (χ1v) is 15.5. The Labute approximate surface area is 257 Å². The van der Waals surface area contributed by atoms with E-state index in [0.717, 1.165) is 39.1 Å². The third-order valence-corrected chi connectivity index (χ3v) is 8.31. The molecule has 1 aliphatic rings. The van der Waals surface area contributed by atoms with Gasteiger partial charge in [-0.2, -0.15) is 8.42 Å². The SMILES string of the molecule is Cc1cccc(C)c1C(=C1C=CC(=[NH+]Cc2cccc(S(=O)(=O)O)c2)C(C(=O)O)=C1)c1ccc(NCc2ccccc2)cc1. The maximum Gasteiger partial charge on any atom is 0.342 e. The van der Waals surface area contributed by atoms with Crippen molar-refractivity contribution in [2.75, 3.05) is 5.32 Å². The summed E-state index contributed by atoms with van der Waals surface area (Å²) in [6.45, 7) is 4.96. The topological polar surface area (TPSA) is 118 Å². The molecule has 5 rings (SSSR count). The van der Waals surface area contributed by atoms with Gasteiger partial charge in [0.25, 0.3) is 10.1 Å². The minimum atomic E-state index is -4.35. The van der Waals surface area contributed by atoms with Gasteiger partial charge in [-0.05, 0) is 89.2 Å². The molecule has 0 spiro atoms. The molecule has 0 aromatic heterocycles. The maximum atomic E-state index is 12.5. The summed E-state index contributed by atoms with van der Waals surface area (Å²) in [5, 5.41) is 13.6. The van der Waals surface area contributed by atoms with Crippen LogP contribution in [0.25, 0.3) is 5.57 Å². The van der Waals surface area contributed by atoms with Crippen molar-refractivity contribution in [1.82, 2.24) is 0 Å². The maximum absolute atomic E-state index is 12.5. The summed E-state index contributed by atoms with van der Waals surface area (Å²) in [6.07, 6.45) is 5.29. The van der Waals surface area contributed by atoms with E-state index in [4.69, 9.17) is 0 Å². The lowest BCUT2D eigenvalue weighted by Crippen LogP contribution is -2.71.